The van der Waals surface area contributed by atoms with Gasteiger partial charge in [0.1, 0.15) is 5.82 Å². The summed E-state index contributed by atoms with van der Waals surface area (Å²) < 4.78 is 37.8. The van der Waals surface area contributed by atoms with Crippen LogP contribution in [0, 0.1) is 0 Å². The highest BCUT2D eigenvalue weighted by atomic mass is 19.4. The minimum absolute atomic E-state index is 0.0416. The number of carbonyl (C=O) groups excluding carboxylic acids is 1. The molecule has 1 saturated carbocycles. The standard InChI is InChI=1S/C26H33F3N4O.C2H6/c1-25(11-13-33(17-25)14-12-26(27,28)29)20-9-7-18(8-10-20)19-15-22(23(30)31-16-19)24(34)32-21-5-3-2-4-6-21;1-2/h7-10,15-16,21H,2-6,11-14,17H2,1H3,(H2,30,31)(H,32,34);1-2H3. The van der Waals surface area contributed by atoms with Crippen LogP contribution in [0.1, 0.15) is 81.6 Å². The van der Waals surface area contributed by atoms with Gasteiger partial charge in [-0.05, 0) is 43.0 Å². The van der Waals surface area contributed by atoms with Gasteiger partial charge in [0.15, 0.2) is 0 Å². The van der Waals surface area contributed by atoms with Crippen molar-refractivity contribution in [1.29, 1.82) is 0 Å². The van der Waals surface area contributed by atoms with E-state index in [1.54, 1.807) is 12.3 Å². The lowest BCUT2D eigenvalue weighted by molar-refractivity contribution is -0.137. The molecule has 1 unspecified atom stereocenters. The molecule has 1 atom stereocenters. The number of nitrogens with zero attached hydrogens (tertiary/aromatic N) is 2. The lowest BCUT2D eigenvalue weighted by Crippen LogP contribution is -2.36. The highest BCUT2D eigenvalue weighted by molar-refractivity contribution is 5.99. The number of hydrogen-bond acceptors (Lipinski definition) is 4. The average Bonchev–Trinajstić information content (AvgIpc) is 3.27. The largest absolute Gasteiger partial charge is 0.390 e. The molecule has 198 valence electrons. The molecule has 1 aliphatic carbocycles. The molecule has 1 saturated heterocycles. The first-order chi connectivity index (χ1) is 17.1. The fourth-order valence-corrected chi connectivity index (χ4v) is 5.16. The van der Waals surface area contributed by atoms with E-state index in [1.807, 2.05) is 43.0 Å². The number of likely N-dealkylation sites (tertiary alicyclic amines) is 1. The summed E-state index contributed by atoms with van der Waals surface area (Å²) in [6, 6.07) is 9.99. The van der Waals surface area contributed by atoms with Gasteiger partial charge in [-0.1, -0.05) is 64.3 Å². The molecule has 2 heterocycles. The Kier molecular flexibility index (Phi) is 9.39. The van der Waals surface area contributed by atoms with Crippen LogP contribution in [0.25, 0.3) is 11.1 Å². The molecule has 1 amide bonds. The molecule has 1 aromatic carbocycles. The summed E-state index contributed by atoms with van der Waals surface area (Å²) in [4.78, 5) is 19.0. The summed E-state index contributed by atoms with van der Waals surface area (Å²) in [6.07, 6.45) is 3.04. The number of halogens is 3. The summed E-state index contributed by atoms with van der Waals surface area (Å²) in [5, 5.41) is 3.10. The molecule has 2 fully saturated rings. The van der Waals surface area contributed by atoms with Gasteiger partial charge in [0.2, 0.25) is 0 Å². The van der Waals surface area contributed by atoms with Crippen molar-refractivity contribution >= 4 is 11.7 Å². The molecule has 0 spiro atoms. The van der Waals surface area contributed by atoms with Gasteiger partial charge < -0.3 is 16.0 Å². The lowest BCUT2D eigenvalue weighted by Gasteiger charge is -2.26. The van der Waals surface area contributed by atoms with Crippen molar-refractivity contribution in [3.8, 4) is 11.1 Å². The van der Waals surface area contributed by atoms with Crippen LogP contribution in [0.4, 0.5) is 19.0 Å². The number of aromatic nitrogens is 1. The van der Waals surface area contributed by atoms with Gasteiger partial charge in [0.05, 0.1) is 12.0 Å². The molecule has 3 N–H and O–H groups in total. The number of hydrogen-bond donors (Lipinski definition) is 2. The maximum Gasteiger partial charge on any atom is 0.390 e. The average molecular weight is 505 g/mol. The van der Waals surface area contributed by atoms with Crippen molar-refractivity contribution in [1.82, 2.24) is 15.2 Å². The fraction of sp³-hybridized carbons (Fsp3) is 0.571. The number of benzene rings is 1. The van der Waals surface area contributed by atoms with Gasteiger partial charge in [-0.2, -0.15) is 13.2 Å². The minimum Gasteiger partial charge on any atom is -0.383 e. The van der Waals surface area contributed by atoms with E-state index in [1.165, 1.54) is 6.42 Å². The lowest BCUT2D eigenvalue weighted by atomic mass is 9.81. The van der Waals surface area contributed by atoms with E-state index in [4.69, 9.17) is 5.73 Å². The van der Waals surface area contributed by atoms with Crippen LogP contribution in [-0.4, -0.2) is 47.6 Å². The van der Waals surface area contributed by atoms with Crippen molar-refractivity contribution in [2.75, 3.05) is 25.4 Å². The molecule has 2 aromatic rings. The van der Waals surface area contributed by atoms with Gasteiger partial charge in [-0.25, -0.2) is 4.98 Å². The molecule has 1 aliphatic heterocycles. The van der Waals surface area contributed by atoms with E-state index in [2.05, 4.69) is 17.2 Å². The third kappa shape index (κ3) is 7.21. The van der Waals surface area contributed by atoms with Crippen LogP contribution < -0.4 is 11.1 Å². The first-order valence-corrected chi connectivity index (χ1v) is 13.1. The number of alkyl halides is 3. The van der Waals surface area contributed by atoms with Gasteiger partial charge in [-0.15, -0.1) is 0 Å². The summed E-state index contributed by atoms with van der Waals surface area (Å²) in [5.41, 5.74) is 9.03. The minimum atomic E-state index is -4.13. The van der Waals surface area contributed by atoms with Crippen molar-refractivity contribution in [3.05, 3.63) is 47.7 Å². The smallest absolute Gasteiger partial charge is 0.383 e. The Bertz CT molecular complexity index is 1000. The predicted molar refractivity (Wildman–Crippen MR) is 139 cm³/mol. The molecular weight excluding hydrogens is 465 g/mol. The van der Waals surface area contributed by atoms with E-state index >= 15 is 0 Å². The van der Waals surface area contributed by atoms with Gasteiger partial charge in [0.25, 0.3) is 5.91 Å². The fourth-order valence-electron chi connectivity index (χ4n) is 5.16. The number of pyridine rings is 1. The topological polar surface area (TPSA) is 71.2 Å². The third-order valence-electron chi connectivity index (χ3n) is 7.28. The van der Waals surface area contributed by atoms with Crippen LogP contribution in [0.15, 0.2) is 36.5 Å². The van der Waals surface area contributed by atoms with Crippen LogP contribution in [0.5, 0.6) is 0 Å². The Balaban J connectivity index is 0.00000176. The second kappa shape index (κ2) is 12.1. The van der Waals surface area contributed by atoms with Crippen LogP contribution in [0.2, 0.25) is 0 Å². The zero-order valence-electron chi connectivity index (χ0n) is 21.6. The normalized spacial score (nSPS) is 21.1. The van der Waals surface area contributed by atoms with E-state index < -0.39 is 12.6 Å². The Morgan fingerprint density at radius 3 is 2.44 bits per heavy atom. The zero-order chi connectivity index (χ0) is 26.3. The predicted octanol–water partition coefficient (Wildman–Crippen LogP) is 6.34. The van der Waals surface area contributed by atoms with Crippen molar-refractivity contribution < 1.29 is 18.0 Å². The molecular formula is C28H39F3N4O. The van der Waals surface area contributed by atoms with E-state index in [9.17, 15) is 18.0 Å². The molecule has 2 aliphatic rings. The maximum absolute atomic E-state index is 12.8. The Morgan fingerprint density at radius 1 is 1.14 bits per heavy atom. The Labute approximate surface area is 212 Å². The monoisotopic (exact) mass is 504 g/mol. The number of carbonyl (C=O) groups is 1. The first-order valence-electron chi connectivity index (χ1n) is 13.1. The van der Waals surface area contributed by atoms with Crippen molar-refractivity contribution in [3.63, 3.8) is 0 Å². The third-order valence-corrected chi connectivity index (χ3v) is 7.28. The quantitative estimate of drug-likeness (QED) is 0.482. The number of nitrogen functional groups attached to an aromatic ring is 1. The van der Waals surface area contributed by atoms with Crippen molar-refractivity contribution in [2.45, 2.75) is 83.4 Å². The van der Waals surface area contributed by atoms with Crippen LogP contribution in [0.3, 0.4) is 0 Å². The van der Waals surface area contributed by atoms with Gasteiger partial charge in [-0.3, -0.25) is 4.79 Å². The van der Waals surface area contributed by atoms with Crippen LogP contribution >= 0.6 is 0 Å². The summed E-state index contributed by atoms with van der Waals surface area (Å²) in [5.74, 6) is 0.0267. The molecule has 0 bridgehead atoms. The number of anilines is 1. The number of amides is 1. The van der Waals surface area contributed by atoms with E-state index in [0.717, 1.165) is 48.8 Å². The molecule has 1 aromatic heterocycles. The molecule has 8 heteroatoms. The SMILES string of the molecule is CC.CC1(c2ccc(-c3cnc(N)c(C(=O)NC4CCCCC4)c3)cc2)CCN(CCC(F)(F)F)C1. The zero-order valence-corrected chi connectivity index (χ0v) is 21.6. The molecule has 0 radical (unpaired) electrons. The summed E-state index contributed by atoms with van der Waals surface area (Å²) in [7, 11) is 0. The number of nitrogens with two attached hydrogens (primary N) is 1. The first kappa shape index (κ1) is 28.0. The second-order valence-electron chi connectivity index (χ2n) is 9.99. The Morgan fingerprint density at radius 2 is 1.81 bits per heavy atom. The van der Waals surface area contributed by atoms with E-state index in [0.29, 0.717) is 18.7 Å². The second-order valence-corrected chi connectivity index (χ2v) is 9.99. The highest BCUT2D eigenvalue weighted by Crippen LogP contribution is 2.36. The summed E-state index contributed by atoms with van der Waals surface area (Å²) in [6.45, 7) is 7.42. The molecule has 36 heavy (non-hydrogen) atoms. The highest BCUT2D eigenvalue weighted by Gasteiger charge is 2.37. The van der Waals surface area contributed by atoms with E-state index in [-0.39, 0.29) is 29.7 Å². The number of nitrogens with one attached hydrogen (secondary N) is 1. The van der Waals surface area contributed by atoms with Gasteiger partial charge in [0, 0.05) is 36.3 Å². The van der Waals surface area contributed by atoms with Gasteiger partial charge >= 0.3 is 6.18 Å². The van der Waals surface area contributed by atoms with Crippen LogP contribution in [-0.2, 0) is 5.41 Å². The molecule has 5 nitrogen and oxygen atoms in total. The number of rotatable bonds is 6. The maximum atomic E-state index is 12.8. The van der Waals surface area contributed by atoms with Crippen molar-refractivity contribution in [2.24, 2.45) is 0 Å². The summed E-state index contributed by atoms with van der Waals surface area (Å²) >= 11 is 0. The Hall–Kier alpha value is -2.61. The molecule has 4 rings (SSSR count).